The molecule has 0 aromatic heterocycles. The van der Waals surface area contributed by atoms with Gasteiger partial charge in [-0.05, 0) is 49.2 Å². The minimum absolute atomic E-state index is 0.491. The Morgan fingerprint density at radius 1 is 0.667 bits per heavy atom. The van der Waals surface area contributed by atoms with Crippen LogP contribution in [0.1, 0.15) is 25.7 Å². The van der Waals surface area contributed by atoms with Gasteiger partial charge in [0.05, 0.1) is 36.8 Å². The Labute approximate surface area is 195 Å². The fourth-order valence-electron chi connectivity index (χ4n) is 5.98. The molecule has 1 fully saturated rings. The molecule has 5 nitrogen and oxygen atoms in total. The Kier molecular flexibility index (Phi) is 4.29. The van der Waals surface area contributed by atoms with E-state index in [1.165, 1.54) is 48.4 Å². The van der Waals surface area contributed by atoms with Crippen LogP contribution in [-0.2, 0) is 0 Å². The highest BCUT2D eigenvalue weighted by Crippen LogP contribution is 2.45. The molecule has 7 rings (SSSR count). The molecule has 8 bridgehead atoms. The van der Waals surface area contributed by atoms with Crippen LogP contribution >= 0.6 is 0 Å². The molecule has 0 radical (unpaired) electrons. The lowest BCUT2D eigenvalue weighted by molar-refractivity contribution is 0.198. The highest BCUT2D eigenvalue weighted by atomic mass is 16.5. The lowest BCUT2D eigenvalue weighted by Crippen LogP contribution is -2.53. The number of nitrogens with zero attached hydrogens (tertiary/aromatic N) is 4. The van der Waals surface area contributed by atoms with E-state index in [4.69, 9.17) is 4.74 Å². The second-order valence-corrected chi connectivity index (χ2v) is 9.47. The molecule has 3 aliphatic heterocycles. The van der Waals surface area contributed by atoms with Gasteiger partial charge >= 0.3 is 0 Å². The summed E-state index contributed by atoms with van der Waals surface area (Å²) in [7, 11) is 0. The minimum Gasteiger partial charge on any atom is -0.457 e. The third-order valence-electron chi connectivity index (χ3n) is 7.56. The average Bonchev–Trinajstić information content (AvgIpc) is 3.50. The van der Waals surface area contributed by atoms with Crippen LogP contribution in [0.25, 0.3) is 0 Å². The van der Waals surface area contributed by atoms with Crippen molar-refractivity contribution >= 4 is 22.7 Å². The molecule has 2 atom stereocenters. The molecule has 3 aromatic rings. The molecule has 1 aliphatic carbocycles. The molecule has 166 valence electrons. The summed E-state index contributed by atoms with van der Waals surface area (Å²) in [4.78, 5) is 9.99. The molecule has 2 unspecified atom stereocenters. The van der Waals surface area contributed by atoms with E-state index < -0.39 is 0 Å². The number of fused-ring (bicyclic) bond motifs is 16. The van der Waals surface area contributed by atoms with Gasteiger partial charge in [-0.15, -0.1) is 0 Å². The molecule has 3 aromatic carbocycles. The van der Waals surface area contributed by atoms with Crippen LogP contribution in [-0.4, -0.2) is 30.3 Å². The smallest absolute Gasteiger partial charge is 0.129 e. The van der Waals surface area contributed by atoms with Crippen molar-refractivity contribution in [2.45, 2.75) is 37.8 Å². The summed E-state index contributed by atoms with van der Waals surface area (Å²) in [6, 6.07) is 26.8. The van der Waals surface area contributed by atoms with Crippen LogP contribution in [0.4, 0.5) is 22.7 Å². The third kappa shape index (κ3) is 3.14. The van der Waals surface area contributed by atoms with Crippen molar-refractivity contribution in [3.05, 3.63) is 85.2 Å². The van der Waals surface area contributed by atoms with E-state index in [-0.39, 0.29) is 0 Å². The second-order valence-electron chi connectivity index (χ2n) is 9.47. The SMILES string of the molecule is C1=CN2CN1c1cccc(c1)Oc1cccc(c1)N1CN(c3ccccc31)C1CCCCC12. The number of ether oxygens (including phenoxy) is 1. The lowest BCUT2D eigenvalue weighted by Gasteiger charge is -2.43. The number of anilines is 4. The fraction of sp³-hybridized carbons (Fsp3) is 0.286. The number of benzene rings is 3. The van der Waals surface area contributed by atoms with Gasteiger partial charge in [0, 0.05) is 35.9 Å². The van der Waals surface area contributed by atoms with Gasteiger partial charge in [0.2, 0.25) is 0 Å². The van der Waals surface area contributed by atoms with Crippen molar-refractivity contribution in [2.75, 3.05) is 28.0 Å². The first-order valence-corrected chi connectivity index (χ1v) is 12.1. The van der Waals surface area contributed by atoms with Crippen LogP contribution in [0.3, 0.4) is 0 Å². The summed E-state index contributed by atoms with van der Waals surface area (Å²) in [6.45, 7) is 1.76. The molecule has 4 aliphatic rings. The molecule has 1 saturated carbocycles. The maximum atomic E-state index is 6.33. The second kappa shape index (κ2) is 7.48. The van der Waals surface area contributed by atoms with Gasteiger partial charge in [-0.3, -0.25) is 0 Å². The number of para-hydroxylation sites is 2. The number of rotatable bonds is 0. The monoisotopic (exact) mass is 436 g/mol. The number of hydrogen-bond donors (Lipinski definition) is 0. The summed E-state index contributed by atoms with van der Waals surface area (Å²) in [5.41, 5.74) is 4.97. The fourth-order valence-corrected chi connectivity index (χ4v) is 5.98. The summed E-state index contributed by atoms with van der Waals surface area (Å²) in [5, 5.41) is 0. The first kappa shape index (κ1) is 18.9. The first-order valence-electron chi connectivity index (χ1n) is 12.1. The van der Waals surface area contributed by atoms with Crippen LogP contribution in [0, 0.1) is 0 Å². The maximum Gasteiger partial charge on any atom is 0.129 e. The summed E-state index contributed by atoms with van der Waals surface area (Å²) in [6.07, 6.45) is 9.59. The van der Waals surface area contributed by atoms with Crippen molar-refractivity contribution in [1.82, 2.24) is 4.90 Å². The van der Waals surface area contributed by atoms with Crippen LogP contribution in [0.15, 0.2) is 85.2 Å². The lowest BCUT2D eigenvalue weighted by atomic mass is 9.88. The normalized spacial score (nSPS) is 22.9. The molecular formula is C28H28N4O. The largest absolute Gasteiger partial charge is 0.457 e. The van der Waals surface area contributed by atoms with Crippen LogP contribution in [0.5, 0.6) is 11.5 Å². The summed E-state index contributed by atoms with van der Waals surface area (Å²) < 4.78 is 6.33. The number of hydrogen-bond acceptors (Lipinski definition) is 5. The zero-order valence-corrected chi connectivity index (χ0v) is 18.7. The Morgan fingerprint density at radius 3 is 2.24 bits per heavy atom. The van der Waals surface area contributed by atoms with E-state index >= 15 is 0 Å². The molecule has 0 saturated heterocycles. The maximum absolute atomic E-state index is 6.33. The van der Waals surface area contributed by atoms with Crippen molar-refractivity contribution in [2.24, 2.45) is 0 Å². The molecule has 0 spiro atoms. The quantitative estimate of drug-likeness (QED) is 0.413. The Balaban J connectivity index is 1.38. The minimum atomic E-state index is 0.491. The Morgan fingerprint density at radius 2 is 1.39 bits per heavy atom. The Bertz CT molecular complexity index is 1220. The molecule has 5 heteroatoms. The van der Waals surface area contributed by atoms with Crippen LogP contribution in [0.2, 0.25) is 0 Å². The van der Waals surface area contributed by atoms with E-state index in [1.807, 2.05) is 12.1 Å². The van der Waals surface area contributed by atoms with Crippen molar-refractivity contribution < 1.29 is 4.74 Å². The highest BCUT2D eigenvalue weighted by Gasteiger charge is 2.39. The standard InChI is InChI=1S/C28H28N4O/c1-2-12-26-25(11-1)30-16-15-29(19-30)21-7-5-9-23(17-21)33-24-10-6-8-22(18-24)31-20-32(26)28-14-4-3-13-27(28)31/h3-10,13-18,25-26H,1-2,11-12,19-20H2. The average molecular weight is 437 g/mol. The highest BCUT2D eigenvalue weighted by molar-refractivity contribution is 5.83. The molecular weight excluding hydrogens is 408 g/mol. The van der Waals surface area contributed by atoms with Gasteiger partial charge < -0.3 is 24.3 Å². The van der Waals surface area contributed by atoms with E-state index in [1.54, 1.807) is 0 Å². The van der Waals surface area contributed by atoms with Crippen molar-refractivity contribution in [1.29, 1.82) is 0 Å². The molecule has 0 amide bonds. The van der Waals surface area contributed by atoms with Gasteiger partial charge in [0.1, 0.15) is 11.5 Å². The predicted octanol–water partition coefficient (Wildman–Crippen LogP) is 6.27. The molecule has 3 heterocycles. The van der Waals surface area contributed by atoms with E-state index in [0.717, 1.165) is 24.8 Å². The van der Waals surface area contributed by atoms with E-state index in [2.05, 4.69) is 92.7 Å². The molecule has 33 heavy (non-hydrogen) atoms. The zero-order valence-electron chi connectivity index (χ0n) is 18.7. The van der Waals surface area contributed by atoms with Gasteiger partial charge in [0.15, 0.2) is 0 Å². The van der Waals surface area contributed by atoms with E-state index in [0.29, 0.717) is 12.1 Å². The molecule has 0 N–H and O–H groups in total. The van der Waals surface area contributed by atoms with E-state index in [9.17, 15) is 0 Å². The van der Waals surface area contributed by atoms with Crippen molar-refractivity contribution in [3.8, 4) is 11.5 Å². The summed E-state index contributed by atoms with van der Waals surface area (Å²) >= 11 is 0. The van der Waals surface area contributed by atoms with Crippen LogP contribution < -0.4 is 19.4 Å². The van der Waals surface area contributed by atoms with Crippen molar-refractivity contribution in [3.63, 3.8) is 0 Å². The third-order valence-corrected chi connectivity index (χ3v) is 7.56. The summed E-state index contributed by atoms with van der Waals surface area (Å²) in [5.74, 6) is 1.73. The van der Waals surface area contributed by atoms with Gasteiger partial charge in [0.25, 0.3) is 0 Å². The zero-order chi connectivity index (χ0) is 21.8. The van der Waals surface area contributed by atoms with Gasteiger partial charge in [-0.2, -0.15) is 0 Å². The predicted molar refractivity (Wildman–Crippen MR) is 133 cm³/mol. The Hall–Kier alpha value is -3.60. The van der Waals surface area contributed by atoms with Gasteiger partial charge in [-0.1, -0.05) is 37.1 Å². The topological polar surface area (TPSA) is 22.2 Å². The van der Waals surface area contributed by atoms with Gasteiger partial charge in [-0.25, -0.2) is 0 Å². The first-order chi connectivity index (χ1) is 16.3.